The van der Waals surface area contributed by atoms with Crippen molar-refractivity contribution < 1.29 is 9.53 Å². The average Bonchev–Trinajstić information content (AvgIpc) is 2.27. The monoisotopic (exact) mass is 214 g/mol. The predicted molar refractivity (Wildman–Crippen MR) is 59.8 cm³/mol. The van der Waals surface area contributed by atoms with Crippen molar-refractivity contribution in [2.45, 2.75) is 32.3 Å². The summed E-state index contributed by atoms with van der Waals surface area (Å²) in [7, 11) is 1.68. The second-order valence-corrected chi connectivity index (χ2v) is 3.94. The minimum atomic E-state index is 0.119. The molecular weight excluding hydrogens is 192 g/mol. The van der Waals surface area contributed by atoms with Crippen molar-refractivity contribution in [3.63, 3.8) is 0 Å². The number of likely N-dealkylation sites (tertiary alicyclic amines) is 1. The fraction of sp³-hybridized carbons (Fsp3) is 0.909. The van der Waals surface area contributed by atoms with Crippen LogP contribution in [0.25, 0.3) is 0 Å². The van der Waals surface area contributed by atoms with E-state index in [1.807, 2.05) is 6.92 Å². The summed E-state index contributed by atoms with van der Waals surface area (Å²) in [6.45, 7) is 5.74. The molecule has 0 aromatic rings. The maximum atomic E-state index is 11.1. The number of amides is 1. The summed E-state index contributed by atoms with van der Waals surface area (Å²) in [6.07, 6.45) is 3.30. The van der Waals surface area contributed by atoms with E-state index in [-0.39, 0.29) is 5.91 Å². The number of piperidine rings is 1. The molecule has 88 valence electrons. The molecule has 1 aliphatic rings. The lowest BCUT2D eigenvalue weighted by molar-refractivity contribution is -0.121. The van der Waals surface area contributed by atoms with Gasteiger partial charge < -0.3 is 15.0 Å². The predicted octanol–water partition coefficient (Wildman–Crippen LogP) is 0.623. The third-order valence-corrected chi connectivity index (χ3v) is 2.80. The summed E-state index contributed by atoms with van der Waals surface area (Å²) in [5.74, 6) is 0.119. The molecule has 1 unspecified atom stereocenters. The SMILES string of the molecule is CCOC1CCCN(CCC(=O)NC)C1. The largest absolute Gasteiger partial charge is 0.377 e. The van der Waals surface area contributed by atoms with Gasteiger partial charge in [0.25, 0.3) is 0 Å². The van der Waals surface area contributed by atoms with Crippen LogP contribution >= 0.6 is 0 Å². The number of ether oxygens (including phenoxy) is 1. The van der Waals surface area contributed by atoms with Crippen molar-refractivity contribution in [3.05, 3.63) is 0 Å². The van der Waals surface area contributed by atoms with E-state index in [1.54, 1.807) is 7.05 Å². The van der Waals surface area contributed by atoms with Crippen molar-refractivity contribution in [2.75, 3.05) is 33.3 Å². The second-order valence-electron chi connectivity index (χ2n) is 3.94. The van der Waals surface area contributed by atoms with Crippen molar-refractivity contribution in [1.29, 1.82) is 0 Å². The summed E-state index contributed by atoms with van der Waals surface area (Å²) < 4.78 is 5.60. The second kappa shape index (κ2) is 6.80. The highest BCUT2D eigenvalue weighted by Crippen LogP contribution is 2.13. The Hall–Kier alpha value is -0.610. The Morgan fingerprint density at radius 3 is 3.07 bits per heavy atom. The normalized spacial score (nSPS) is 22.7. The maximum absolute atomic E-state index is 11.1. The van der Waals surface area contributed by atoms with Gasteiger partial charge in [-0.1, -0.05) is 0 Å². The zero-order valence-electron chi connectivity index (χ0n) is 9.79. The number of nitrogens with one attached hydrogen (secondary N) is 1. The van der Waals surface area contributed by atoms with Crippen LogP contribution in [0.5, 0.6) is 0 Å². The van der Waals surface area contributed by atoms with Crippen LogP contribution in [0.3, 0.4) is 0 Å². The smallest absolute Gasteiger partial charge is 0.221 e. The lowest BCUT2D eigenvalue weighted by Crippen LogP contribution is -2.41. The van der Waals surface area contributed by atoms with E-state index in [4.69, 9.17) is 4.74 Å². The fourth-order valence-electron chi connectivity index (χ4n) is 1.97. The van der Waals surface area contributed by atoms with Gasteiger partial charge in [0, 0.05) is 33.2 Å². The quantitative estimate of drug-likeness (QED) is 0.729. The number of carbonyl (C=O) groups is 1. The Balaban J connectivity index is 2.21. The average molecular weight is 214 g/mol. The molecule has 1 heterocycles. The molecule has 1 aliphatic heterocycles. The van der Waals surface area contributed by atoms with E-state index in [9.17, 15) is 4.79 Å². The summed E-state index contributed by atoms with van der Waals surface area (Å²) in [5.41, 5.74) is 0. The molecule has 0 bridgehead atoms. The molecule has 0 spiro atoms. The summed E-state index contributed by atoms with van der Waals surface area (Å²) >= 11 is 0. The van der Waals surface area contributed by atoms with Gasteiger partial charge in [-0.3, -0.25) is 4.79 Å². The van der Waals surface area contributed by atoms with Gasteiger partial charge >= 0.3 is 0 Å². The van der Waals surface area contributed by atoms with Gasteiger partial charge in [0.05, 0.1) is 6.10 Å². The Labute approximate surface area is 92.0 Å². The zero-order valence-corrected chi connectivity index (χ0v) is 9.79. The first kappa shape index (κ1) is 12.5. The van der Waals surface area contributed by atoms with Crippen LogP contribution in [0, 0.1) is 0 Å². The molecule has 15 heavy (non-hydrogen) atoms. The highest BCUT2D eigenvalue weighted by molar-refractivity contribution is 5.75. The zero-order chi connectivity index (χ0) is 11.1. The molecule has 0 aromatic carbocycles. The molecule has 1 rings (SSSR count). The van der Waals surface area contributed by atoms with Gasteiger partial charge in [0.15, 0.2) is 0 Å². The Bertz CT molecular complexity index is 195. The van der Waals surface area contributed by atoms with Gasteiger partial charge in [-0.2, -0.15) is 0 Å². The number of hydrogen-bond acceptors (Lipinski definition) is 3. The molecule has 0 aliphatic carbocycles. The molecule has 1 N–H and O–H groups in total. The third-order valence-electron chi connectivity index (χ3n) is 2.80. The van der Waals surface area contributed by atoms with E-state index >= 15 is 0 Å². The molecule has 4 nitrogen and oxygen atoms in total. The van der Waals surface area contributed by atoms with Crippen molar-refractivity contribution in [3.8, 4) is 0 Å². The summed E-state index contributed by atoms with van der Waals surface area (Å²) in [5, 5.41) is 2.64. The minimum absolute atomic E-state index is 0.119. The van der Waals surface area contributed by atoms with Crippen LogP contribution < -0.4 is 5.32 Å². The number of hydrogen-bond donors (Lipinski definition) is 1. The standard InChI is InChI=1S/C11H22N2O2/c1-3-15-10-5-4-7-13(9-10)8-6-11(14)12-2/h10H,3-9H2,1-2H3,(H,12,14). The van der Waals surface area contributed by atoms with E-state index in [1.165, 1.54) is 6.42 Å². The van der Waals surface area contributed by atoms with Crippen LogP contribution in [-0.4, -0.2) is 50.2 Å². The van der Waals surface area contributed by atoms with Crippen molar-refractivity contribution >= 4 is 5.91 Å². The highest BCUT2D eigenvalue weighted by atomic mass is 16.5. The highest BCUT2D eigenvalue weighted by Gasteiger charge is 2.19. The Morgan fingerprint density at radius 1 is 1.60 bits per heavy atom. The van der Waals surface area contributed by atoms with Crippen LogP contribution in [0.1, 0.15) is 26.2 Å². The number of nitrogens with zero attached hydrogens (tertiary/aromatic N) is 1. The first-order valence-corrected chi connectivity index (χ1v) is 5.80. The molecule has 4 heteroatoms. The first-order chi connectivity index (χ1) is 7.26. The van der Waals surface area contributed by atoms with E-state index in [0.29, 0.717) is 12.5 Å². The molecule has 1 fully saturated rings. The number of carbonyl (C=O) groups excluding carboxylic acids is 1. The van der Waals surface area contributed by atoms with Gasteiger partial charge in [-0.25, -0.2) is 0 Å². The van der Waals surface area contributed by atoms with Crippen LogP contribution in [0.15, 0.2) is 0 Å². The maximum Gasteiger partial charge on any atom is 0.221 e. The topological polar surface area (TPSA) is 41.6 Å². The van der Waals surface area contributed by atoms with Gasteiger partial charge in [-0.15, -0.1) is 0 Å². The van der Waals surface area contributed by atoms with E-state index < -0.39 is 0 Å². The minimum Gasteiger partial charge on any atom is -0.377 e. The lowest BCUT2D eigenvalue weighted by atomic mass is 10.1. The lowest BCUT2D eigenvalue weighted by Gasteiger charge is -2.32. The Morgan fingerprint density at radius 2 is 2.40 bits per heavy atom. The van der Waals surface area contributed by atoms with E-state index in [0.717, 1.165) is 32.7 Å². The first-order valence-electron chi connectivity index (χ1n) is 5.80. The molecular formula is C11H22N2O2. The summed E-state index contributed by atoms with van der Waals surface area (Å²) in [6, 6.07) is 0. The summed E-state index contributed by atoms with van der Waals surface area (Å²) in [4.78, 5) is 13.4. The number of rotatable bonds is 5. The Kier molecular flexibility index (Phi) is 5.65. The van der Waals surface area contributed by atoms with Crippen molar-refractivity contribution in [2.24, 2.45) is 0 Å². The van der Waals surface area contributed by atoms with Gasteiger partial charge in [0.1, 0.15) is 0 Å². The molecule has 0 radical (unpaired) electrons. The molecule has 1 amide bonds. The fourth-order valence-corrected chi connectivity index (χ4v) is 1.97. The molecule has 0 saturated carbocycles. The van der Waals surface area contributed by atoms with Crippen LogP contribution in [0.2, 0.25) is 0 Å². The van der Waals surface area contributed by atoms with Crippen molar-refractivity contribution in [1.82, 2.24) is 10.2 Å². The molecule has 0 aromatic heterocycles. The molecule has 1 saturated heterocycles. The van der Waals surface area contributed by atoms with Crippen LogP contribution in [-0.2, 0) is 9.53 Å². The van der Waals surface area contributed by atoms with Crippen LogP contribution in [0.4, 0.5) is 0 Å². The third kappa shape index (κ3) is 4.62. The van der Waals surface area contributed by atoms with E-state index in [2.05, 4.69) is 10.2 Å². The molecule has 1 atom stereocenters. The van der Waals surface area contributed by atoms with Gasteiger partial charge in [-0.05, 0) is 26.3 Å². The van der Waals surface area contributed by atoms with Gasteiger partial charge in [0.2, 0.25) is 5.91 Å².